The molecule has 0 aliphatic rings. The van der Waals surface area contributed by atoms with Crippen LogP contribution >= 0.6 is 0 Å². The molecular formula is C9F20N2O. The van der Waals surface area contributed by atoms with Crippen LogP contribution in [-0.4, -0.2) is 64.4 Å². The molecule has 0 fully saturated rings. The Kier molecular flexibility index (Phi) is 6.95. The molecule has 192 valence electrons. The molecule has 0 saturated carbocycles. The largest absolute Gasteiger partial charge is 0.460 e. The summed E-state index contributed by atoms with van der Waals surface area (Å²) in [5.41, 5.74) is 0. The number of carbonyl (C=O) groups is 1. The van der Waals surface area contributed by atoms with E-state index in [1.807, 2.05) is 0 Å². The highest BCUT2D eigenvalue weighted by Crippen LogP contribution is 2.56. The van der Waals surface area contributed by atoms with Crippen LogP contribution in [0, 0.1) is 0 Å². The molecule has 2 amide bonds. The second kappa shape index (κ2) is 7.45. The third kappa shape index (κ3) is 3.90. The van der Waals surface area contributed by atoms with Gasteiger partial charge >= 0.3 is 54.2 Å². The summed E-state index contributed by atoms with van der Waals surface area (Å²) in [7, 11) is 0. The summed E-state index contributed by atoms with van der Waals surface area (Å²) in [5, 5.41) is -8.58. The van der Waals surface area contributed by atoms with Crippen LogP contribution in [0.4, 0.5) is 92.8 Å². The molecule has 0 unspecified atom stereocenters. The molecule has 0 heterocycles. The number of halogens is 20. The third-order valence-electron chi connectivity index (χ3n) is 3.09. The van der Waals surface area contributed by atoms with Crippen molar-refractivity contribution in [2.24, 2.45) is 0 Å². The van der Waals surface area contributed by atoms with Gasteiger partial charge in [0.25, 0.3) is 0 Å². The summed E-state index contributed by atoms with van der Waals surface area (Å²) >= 11 is 0. The first-order valence-corrected chi connectivity index (χ1v) is 6.34. The van der Waals surface area contributed by atoms with Gasteiger partial charge in [0.1, 0.15) is 0 Å². The summed E-state index contributed by atoms with van der Waals surface area (Å²) in [4.78, 5) is 10.6. The maximum atomic E-state index is 13.0. The molecule has 0 atom stereocenters. The first kappa shape index (κ1) is 29.9. The average Bonchev–Trinajstić information content (AvgIpc) is 2.56. The molecule has 0 rings (SSSR count). The fourth-order valence-electron chi connectivity index (χ4n) is 1.30. The highest BCUT2D eigenvalue weighted by Gasteiger charge is 2.87. The maximum absolute atomic E-state index is 13.0. The van der Waals surface area contributed by atoms with Crippen LogP contribution in [0.3, 0.4) is 0 Å². The van der Waals surface area contributed by atoms with Crippen LogP contribution < -0.4 is 0 Å². The minimum atomic E-state index is -8.22. The van der Waals surface area contributed by atoms with Crippen LogP contribution in [0.5, 0.6) is 0 Å². The molecule has 0 N–H and O–H groups in total. The van der Waals surface area contributed by atoms with Crippen molar-refractivity contribution >= 4 is 6.03 Å². The topological polar surface area (TPSA) is 23.6 Å². The first-order valence-electron chi connectivity index (χ1n) is 6.34. The molecule has 0 saturated heterocycles. The quantitative estimate of drug-likeness (QED) is 0.223. The van der Waals surface area contributed by atoms with Crippen molar-refractivity contribution in [2.75, 3.05) is 0 Å². The first-order chi connectivity index (χ1) is 13.5. The Morgan fingerprint density at radius 1 is 0.406 bits per heavy atom. The fraction of sp³-hybridized carbons (Fsp3) is 0.889. The fourth-order valence-corrected chi connectivity index (χ4v) is 1.30. The van der Waals surface area contributed by atoms with Crippen molar-refractivity contribution in [1.82, 2.24) is 10.2 Å². The zero-order chi connectivity index (χ0) is 26.7. The Labute approximate surface area is 159 Å². The summed E-state index contributed by atoms with van der Waals surface area (Å²) in [6.07, 6.45) is -15.4. The molecule has 0 aliphatic heterocycles. The predicted molar refractivity (Wildman–Crippen MR) is 53.1 cm³/mol. The van der Waals surface area contributed by atoms with Crippen LogP contribution in [0.25, 0.3) is 0 Å². The molecule has 0 spiro atoms. The van der Waals surface area contributed by atoms with Crippen molar-refractivity contribution in [1.29, 1.82) is 0 Å². The van der Waals surface area contributed by atoms with Crippen LogP contribution in [0.1, 0.15) is 0 Å². The van der Waals surface area contributed by atoms with E-state index in [9.17, 15) is 92.8 Å². The second-order valence-electron chi connectivity index (χ2n) is 5.22. The highest BCUT2D eigenvalue weighted by atomic mass is 19.4. The van der Waals surface area contributed by atoms with E-state index in [1.54, 1.807) is 0 Å². The Bertz CT molecular complexity index is 647. The molecule has 0 bridgehead atoms. The summed E-state index contributed by atoms with van der Waals surface area (Å²) < 4.78 is 250. The zero-order valence-electron chi connectivity index (χ0n) is 13.4. The van der Waals surface area contributed by atoms with E-state index in [0.717, 1.165) is 0 Å². The smallest absolute Gasteiger partial charge is 0.243 e. The normalized spacial score (nSPS) is 15.6. The van der Waals surface area contributed by atoms with E-state index in [4.69, 9.17) is 0 Å². The molecule has 3 nitrogen and oxygen atoms in total. The minimum Gasteiger partial charge on any atom is -0.243 e. The van der Waals surface area contributed by atoms with Gasteiger partial charge in [-0.15, -0.1) is 0 Å². The summed E-state index contributed by atoms with van der Waals surface area (Å²) in [6, 6.07) is -21.2. The van der Waals surface area contributed by atoms with E-state index in [1.165, 1.54) is 0 Å². The Morgan fingerprint density at radius 3 is 0.750 bits per heavy atom. The van der Waals surface area contributed by atoms with Gasteiger partial charge in [-0.05, 0) is 0 Å². The van der Waals surface area contributed by atoms with E-state index in [0.29, 0.717) is 0 Å². The van der Waals surface area contributed by atoms with Gasteiger partial charge in [0, 0.05) is 0 Å². The number of rotatable bonds is 6. The molecule has 0 aromatic heterocycles. The number of urea groups is 1. The second-order valence-corrected chi connectivity index (χ2v) is 5.22. The lowest BCUT2D eigenvalue weighted by atomic mass is 10.1. The van der Waals surface area contributed by atoms with Crippen molar-refractivity contribution in [2.45, 2.75) is 48.1 Å². The SMILES string of the molecule is O=C(N(F)C(F)(F)C(F)(F)C(F)(F)C(F)(F)F)N(F)C(F)(F)C(F)(F)C(F)(F)C(F)(F)F. The molecule has 0 aliphatic carbocycles. The highest BCUT2D eigenvalue weighted by molar-refractivity contribution is 5.73. The number of hydrogen-bond acceptors (Lipinski definition) is 1. The van der Waals surface area contributed by atoms with Gasteiger partial charge in [0.15, 0.2) is 0 Å². The van der Waals surface area contributed by atoms with E-state index in [-0.39, 0.29) is 0 Å². The Hall–Kier alpha value is -2.13. The summed E-state index contributed by atoms with van der Waals surface area (Å²) in [5.74, 6) is -32.6. The van der Waals surface area contributed by atoms with Gasteiger partial charge in [0.05, 0.1) is 0 Å². The van der Waals surface area contributed by atoms with Gasteiger partial charge in [-0.25, -0.2) is 4.79 Å². The molecule has 32 heavy (non-hydrogen) atoms. The molecule has 0 radical (unpaired) electrons. The monoisotopic (exact) mass is 532 g/mol. The average molecular weight is 532 g/mol. The van der Waals surface area contributed by atoms with Crippen molar-refractivity contribution in [3.05, 3.63) is 0 Å². The lowest BCUT2D eigenvalue weighted by molar-refractivity contribution is -0.439. The molecular weight excluding hydrogens is 532 g/mol. The standard InChI is InChI=1S/C9F20N2O/c10-2(11,6(18,19)20)4(14,15)8(24,25)30(28)1(32)31(29)9(26,27)5(16,17)3(12,13)7(21,22)23. The predicted octanol–water partition coefficient (Wildman–Crippen LogP) is 6.33. The van der Waals surface area contributed by atoms with Gasteiger partial charge in [-0.3, -0.25) is 0 Å². The van der Waals surface area contributed by atoms with Crippen molar-refractivity contribution in [3.8, 4) is 0 Å². The van der Waals surface area contributed by atoms with Crippen LogP contribution in [-0.2, 0) is 0 Å². The number of alkyl halides is 18. The van der Waals surface area contributed by atoms with Crippen molar-refractivity contribution < 1.29 is 92.8 Å². The Morgan fingerprint density at radius 2 is 0.594 bits per heavy atom. The molecule has 0 aromatic carbocycles. The lowest BCUT2D eigenvalue weighted by Crippen LogP contribution is -2.69. The van der Waals surface area contributed by atoms with Crippen molar-refractivity contribution in [3.63, 3.8) is 0 Å². The Balaban J connectivity index is 6.36. The minimum absolute atomic E-state index is 4.29. The van der Waals surface area contributed by atoms with Gasteiger partial charge < -0.3 is 0 Å². The third-order valence-corrected chi connectivity index (χ3v) is 3.09. The van der Waals surface area contributed by atoms with Gasteiger partial charge in [-0.1, -0.05) is 19.2 Å². The summed E-state index contributed by atoms with van der Waals surface area (Å²) in [6.45, 7) is 0. The lowest BCUT2D eigenvalue weighted by Gasteiger charge is -2.38. The van der Waals surface area contributed by atoms with Gasteiger partial charge in [0.2, 0.25) is 0 Å². The van der Waals surface area contributed by atoms with E-state index < -0.39 is 64.4 Å². The van der Waals surface area contributed by atoms with Crippen LogP contribution in [0.2, 0.25) is 0 Å². The maximum Gasteiger partial charge on any atom is 0.460 e. The zero-order valence-corrected chi connectivity index (χ0v) is 13.4. The van der Waals surface area contributed by atoms with Crippen LogP contribution in [0.15, 0.2) is 0 Å². The number of nitrogens with zero attached hydrogens (tertiary/aromatic N) is 2. The number of hydrogen-bond donors (Lipinski definition) is 0. The molecule has 0 aromatic rings. The van der Waals surface area contributed by atoms with Gasteiger partial charge in [-0.2, -0.15) is 79.0 Å². The number of carbonyl (C=O) groups excluding carboxylic acids is 1. The van der Waals surface area contributed by atoms with E-state index in [2.05, 4.69) is 0 Å². The van der Waals surface area contributed by atoms with E-state index >= 15 is 0 Å². The molecule has 23 heteroatoms. The number of amides is 2.